The van der Waals surface area contributed by atoms with Gasteiger partial charge < -0.3 is 5.32 Å². The van der Waals surface area contributed by atoms with E-state index >= 15 is 0 Å². The van der Waals surface area contributed by atoms with Crippen molar-refractivity contribution in [2.24, 2.45) is 0 Å². The second-order valence-electron chi connectivity index (χ2n) is 9.53. The van der Waals surface area contributed by atoms with Crippen LogP contribution in [0.15, 0.2) is 59.8 Å². The first-order valence-electron chi connectivity index (χ1n) is 12.6. The van der Waals surface area contributed by atoms with Crippen molar-refractivity contribution in [3.63, 3.8) is 0 Å². The number of nitrogens with one attached hydrogen (secondary N) is 2. The molecule has 7 nitrogen and oxygen atoms in total. The number of hydrogen-bond acceptors (Lipinski definition) is 6. The topological polar surface area (TPSA) is 96.9 Å². The first kappa shape index (κ1) is 25.4. The number of hydrogen-bond donors (Lipinski definition) is 2. The molecule has 5 rings (SSSR count). The maximum absolute atomic E-state index is 12.8. The minimum atomic E-state index is -3.84. The van der Waals surface area contributed by atoms with Gasteiger partial charge in [0.15, 0.2) is 0 Å². The van der Waals surface area contributed by atoms with Gasteiger partial charge in [0, 0.05) is 23.2 Å². The molecule has 0 bridgehead atoms. The van der Waals surface area contributed by atoms with Crippen molar-refractivity contribution in [1.82, 2.24) is 15.0 Å². The van der Waals surface area contributed by atoms with Crippen LogP contribution in [0, 0.1) is 6.92 Å². The minimum Gasteiger partial charge on any atom is -0.351 e. The average molecular weight is 536 g/mol. The summed E-state index contributed by atoms with van der Waals surface area (Å²) < 4.78 is 28.2. The summed E-state index contributed by atoms with van der Waals surface area (Å²) in [5.41, 5.74) is 5.00. The van der Waals surface area contributed by atoms with Crippen LogP contribution in [0.1, 0.15) is 50.2 Å². The number of fused-ring (bicyclic) bond motifs is 1. The van der Waals surface area contributed by atoms with Gasteiger partial charge in [0.05, 0.1) is 28.1 Å². The van der Waals surface area contributed by atoms with Gasteiger partial charge in [-0.1, -0.05) is 49.9 Å². The Bertz CT molecular complexity index is 1550. The zero-order valence-electron chi connectivity index (χ0n) is 21.0. The first-order valence-corrected chi connectivity index (χ1v) is 14.5. The summed E-state index contributed by atoms with van der Waals surface area (Å²) in [5, 5.41) is 4.64. The van der Waals surface area contributed by atoms with E-state index in [0.29, 0.717) is 17.7 Å². The van der Waals surface area contributed by atoms with Crippen LogP contribution in [0.4, 0.5) is 11.6 Å². The predicted octanol–water partition coefficient (Wildman–Crippen LogP) is 6.76. The fourth-order valence-electron chi connectivity index (χ4n) is 4.93. The highest BCUT2D eigenvalue weighted by Gasteiger charge is 2.19. The van der Waals surface area contributed by atoms with E-state index in [2.05, 4.69) is 33.0 Å². The lowest BCUT2D eigenvalue weighted by Crippen LogP contribution is -2.23. The molecule has 37 heavy (non-hydrogen) atoms. The Balaban J connectivity index is 1.43. The van der Waals surface area contributed by atoms with E-state index in [1.807, 2.05) is 19.2 Å². The van der Waals surface area contributed by atoms with Crippen LogP contribution in [-0.2, 0) is 16.4 Å². The molecule has 0 aliphatic heterocycles. The monoisotopic (exact) mass is 535 g/mol. The maximum Gasteiger partial charge on any atom is 0.263 e. The molecule has 4 aromatic rings. The molecule has 1 saturated carbocycles. The van der Waals surface area contributed by atoms with Crippen LogP contribution >= 0.6 is 11.6 Å². The van der Waals surface area contributed by atoms with E-state index in [1.54, 1.807) is 24.3 Å². The first-order chi connectivity index (χ1) is 17.8. The number of aryl methyl sites for hydroxylation is 2. The molecule has 9 heteroatoms. The molecular weight excluding hydrogens is 506 g/mol. The second kappa shape index (κ2) is 10.6. The number of halogens is 1. The SMILES string of the molecule is CCc1cc(-c2ncc(NS(=O)(=O)c3ccccc3Cl)cc2C)cc2cnc(NC3CCCCC3)nc12. The van der Waals surface area contributed by atoms with E-state index in [1.165, 1.54) is 31.5 Å². The van der Waals surface area contributed by atoms with Crippen LogP contribution in [-0.4, -0.2) is 29.4 Å². The molecule has 0 radical (unpaired) electrons. The summed E-state index contributed by atoms with van der Waals surface area (Å²) >= 11 is 6.10. The largest absolute Gasteiger partial charge is 0.351 e. The summed E-state index contributed by atoms with van der Waals surface area (Å²) in [7, 11) is -3.84. The molecule has 2 heterocycles. The van der Waals surface area contributed by atoms with E-state index in [-0.39, 0.29) is 9.92 Å². The summed E-state index contributed by atoms with van der Waals surface area (Å²) in [5.74, 6) is 0.686. The molecule has 0 atom stereocenters. The molecule has 1 aliphatic carbocycles. The van der Waals surface area contributed by atoms with E-state index in [9.17, 15) is 8.42 Å². The molecule has 1 aliphatic rings. The van der Waals surface area contributed by atoms with Gasteiger partial charge in [-0.3, -0.25) is 9.71 Å². The smallest absolute Gasteiger partial charge is 0.263 e. The normalized spacial score (nSPS) is 14.6. The number of benzene rings is 2. The zero-order valence-corrected chi connectivity index (χ0v) is 22.5. The molecule has 0 unspecified atom stereocenters. The van der Waals surface area contributed by atoms with E-state index in [0.717, 1.165) is 52.5 Å². The molecular formula is C28H30ClN5O2S. The van der Waals surface area contributed by atoms with Crippen molar-refractivity contribution in [1.29, 1.82) is 0 Å². The number of sulfonamides is 1. The van der Waals surface area contributed by atoms with Gasteiger partial charge in [-0.15, -0.1) is 0 Å². The third-order valence-corrected chi connectivity index (χ3v) is 8.69. The molecule has 0 amide bonds. The van der Waals surface area contributed by atoms with Crippen molar-refractivity contribution in [2.75, 3.05) is 10.0 Å². The molecule has 2 N–H and O–H groups in total. The number of pyridine rings is 1. The highest BCUT2D eigenvalue weighted by molar-refractivity contribution is 7.92. The summed E-state index contributed by atoms with van der Waals surface area (Å²) in [6, 6.07) is 12.7. The van der Waals surface area contributed by atoms with Crippen LogP contribution < -0.4 is 10.0 Å². The van der Waals surface area contributed by atoms with E-state index in [4.69, 9.17) is 16.6 Å². The lowest BCUT2D eigenvalue weighted by molar-refractivity contribution is 0.461. The number of rotatable bonds is 7. The predicted molar refractivity (Wildman–Crippen MR) is 150 cm³/mol. The van der Waals surface area contributed by atoms with Gasteiger partial charge in [-0.05, 0) is 67.6 Å². The minimum absolute atomic E-state index is 0.0258. The third-order valence-electron chi connectivity index (χ3n) is 6.81. The highest BCUT2D eigenvalue weighted by atomic mass is 35.5. The van der Waals surface area contributed by atoms with Crippen molar-refractivity contribution in [2.45, 2.75) is 63.3 Å². The van der Waals surface area contributed by atoms with Gasteiger partial charge in [0.1, 0.15) is 4.90 Å². The standard InChI is InChI=1S/C28H30ClN5O2S/c1-3-19-14-20(15-21-16-31-28(33-27(19)21)32-22-9-5-4-6-10-22)26-18(2)13-23(17-30-26)34-37(35,36)25-12-8-7-11-24(25)29/h7-8,11-17,22,34H,3-6,9-10H2,1-2H3,(H,31,32,33). The molecule has 0 saturated heterocycles. The summed E-state index contributed by atoms with van der Waals surface area (Å²) in [4.78, 5) is 14.1. The van der Waals surface area contributed by atoms with Crippen molar-refractivity contribution in [3.8, 4) is 11.3 Å². The summed E-state index contributed by atoms with van der Waals surface area (Å²) in [6.07, 6.45) is 10.4. The van der Waals surface area contributed by atoms with Crippen LogP contribution in [0.5, 0.6) is 0 Å². The van der Waals surface area contributed by atoms with Gasteiger partial charge in [-0.2, -0.15) is 0 Å². The lowest BCUT2D eigenvalue weighted by atomic mass is 9.96. The number of nitrogens with zero attached hydrogens (tertiary/aromatic N) is 3. The Morgan fingerprint density at radius 2 is 1.81 bits per heavy atom. The van der Waals surface area contributed by atoms with Gasteiger partial charge in [0.25, 0.3) is 10.0 Å². The Kier molecular flexibility index (Phi) is 7.31. The number of aromatic nitrogens is 3. The Labute approximate surface area is 222 Å². The van der Waals surface area contributed by atoms with Gasteiger partial charge >= 0.3 is 0 Å². The molecule has 1 fully saturated rings. The molecule has 2 aromatic heterocycles. The Hall–Kier alpha value is -3.23. The second-order valence-corrected chi connectivity index (χ2v) is 11.6. The molecule has 192 valence electrons. The van der Waals surface area contributed by atoms with Gasteiger partial charge in [0.2, 0.25) is 5.95 Å². The van der Waals surface area contributed by atoms with Crippen LogP contribution in [0.2, 0.25) is 5.02 Å². The Morgan fingerprint density at radius 1 is 1.03 bits per heavy atom. The van der Waals surface area contributed by atoms with Crippen LogP contribution in [0.25, 0.3) is 22.2 Å². The highest BCUT2D eigenvalue weighted by Crippen LogP contribution is 2.31. The molecule has 2 aromatic carbocycles. The van der Waals surface area contributed by atoms with Crippen molar-refractivity contribution >= 4 is 44.2 Å². The average Bonchev–Trinajstić information content (AvgIpc) is 2.89. The van der Waals surface area contributed by atoms with Gasteiger partial charge in [-0.25, -0.2) is 18.4 Å². The van der Waals surface area contributed by atoms with Crippen molar-refractivity contribution < 1.29 is 8.42 Å². The fourth-order valence-corrected chi connectivity index (χ4v) is 6.48. The number of anilines is 2. The quantitative estimate of drug-likeness (QED) is 0.271. The Morgan fingerprint density at radius 3 is 2.54 bits per heavy atom. The zero-order chi connectivity index (χ0) is 26.0. The lowest BCUT2D eigenvalue weighted by Gasteiger charge is -2.22. The van der Waals surface area contributed by atoms with E-state index < -0.39 is 10.0 Å². The summed E-state index contributed by atoms with van der Waals surface area (Å²) in [6.45, 7) is 4.03. The molecule has 0 spiro atoms. The third kappa shape index (κ3) is 5.55. The van der Waals surface area contributed by atoms with Crippen molar-refractivity contribution in [3.05, 3.63) is 71.0 Å². The van der Waals surface area contributed by atoms with Crippen LogP contribution in [0.3, 0.4) is 0 Å². The fraction of sp³-hybridized carbons (Fsp3) is 0.321. The maximum atomic E-state index is 12.8.